The molecule has 1 saturated carbocycles. The molecule has 0 spiro atoms. The van der Waals surface area contributed by atoms with Crippen molar-refractivity contribution < 1.29 is 19.4 Å². The highest BCUT2D eigenvalue weighted by Crippen LogP contribution is 2.35. The molecule has 1 amide bonds. The first-order valence-corrected chi connectivity index (χ1v) is 13.2. The third-order valence-corrected chi connectivity index (χ3v) is 7.36. The van der Waals surface area contributed by atoms with Crippen molar-refractivity contribution in [1.82, 2.24) is 9.80 Å². The standard InChI is InChI=1S/C27H38N2O4S/c1-19-6-5-7-22(14-19)32-18-24-23-11-13-34-25(23)10-12-29(24)26(31)16-28(20-8-9-20)15-21(30)17-33-27(2,3)4/h5-7,11,13-14,20-21,24,30H,8-10,12,15-18H2,1-4H3/t21-,24-/m1/s1. The number of fused-ring (bicyclic) bond motifs is 1. The molecule has 7 heteroatoms. The molecule has 0 radical (unpaired) electrons. The number of aliphatic hydroxyl groups is 1. The smallest absolute Gasteiger partial charge is 0.237 e. The SMILES string of the molecule is Cc1cccc(OC[C@@H]2c3ccsc3CCN2C(=O)CN(C[C@@H](O)COC(C)(C)C)C2CC2)c1. The van der Waals surface area contributed by atoms with E-state index in [1.165, 1.54) is 10.4 Å². The number of benzene rings is 1. The minimum absolute atomic E-state index is 0.0989. The monoisotopic (exact) mass is 486 g/mol. The summed E-state index contributed by atoms with van der Waals surface area (Å²) in [5, 5.41) is 12.7. The van der Waals surface area contributed by atoms with Gasteiger partial charge in [0.05, 0.1) is 30.9 Å². The predicted octanol–water partition coefficient (Wildman–Crippen LogP) is 4.20. The molecule has 0 saturated heterocycles. The Hall–Kier alpha value is -1.93. The van der Waals surface area contributed by atoms with Crippen LogP contribution in [0.25, 0.3) is 0 Å². The van der Waals surface area contributed by atoms with Crippen molar-refractivity contribution in [1.29, 1.82) is 0 Å². The van der Waals surface area contributed by atoms with Gasteiger partial charge in [-0.05, 0) is 81.7 Å². The van der Waals surface area contributed by atoms with E-state index in [0.29, 0.717) is 32.3 Å². The van der Waals surface area contributed by atoms with Crippen molar-refractivity contribution in [2.45, 2.75) is 70.7 Å². The highest BCUT2D eigenvalue weighted by atomic mass is 32.1. The van der Waals surface area contributed by atoms with Gasteiger partial charge in [0.2, 0.25) is 5.91 Å². The molecule has 4 rings (SSSR count). The zero-order chi connectivity index (χ0) is 24.3. The van der Waals surface area contributed by atoms with Gasteiger partial charge in [-0.25, -0.2) is 0 Å². The van der Waals surface area contributed by atoms with Gasteiger partial charge in [0.25, 0.3) is 0 Å². The fourth-order valence-corrected chi connectivity index (χ4v) is 5.40. The number of nitrogens with zero attached hydrogens (tertiary/aromatic N) is 2. The Morgan fingerprint density at radius 1 is 1.29 bits per heavy atom. The minimum Gasteiger partial charge on any atom is -0.491 e. The number of thiophene rings is 1. The number of ether oxygens (including phenoxy) is 2. The lowest BCUT2D eigenvalue weighted by molar-refractivity contribution is -0.137. The summed E-state index contributed by atoms with van der Waals surface area (Å²) in [6.45, 7) is 10.2. The molecule has 186 valence electrons. The molecule has 1 fully saturated rings. The summed E-state index contributed by atoms with van der Waals surface area (Å²) in [6.07, 6.45) is 2.42. The van der Waals surface area contributed by atoms with Gasteiger partial charge >= 0.3 is 0 Å². The van der Waals surface area contributed by atoms with Gasteiger partial charge in [0.1, 0.15) is 12.4 Å². The molecule has 2 aliphatic rings. The number of aliphatic hydroxyl groups excluding tert-OH is 1. The van der Waals surface area contributed by atoms with Gasteiger partial charge in [-0.2, -0.15) is 0 Å². The van der Waals surface area contributed by atoms with Gasteiger partial charge in [-0.15, -0.1) is 11.3 Å². The van der Waals surface area contributed by atoms with Gasteiger partial charge in [-0.1, -0.05) is 12.1 Å². The van der Waals surface area contributed by atoms with Crippen LogP contribution in [0.15, 0.2) is 35.7 Å². The van der Waals surface area contributed by atoms with E-state index in [4.69, 9.17) is 9.47 Å². The van der Waals surface area contributed by atoms with Crippen LogP contribution in [0.3, 0.4) is 0 Å². The minimum atomic E-state index is -0.613. The van der Waals surface area contributed by atoms with Crippen molar-refractivity contribution in [2.24, 2.45) is 0 Å². The van der Waals surface area contributed by atoms with Crippen LogP contribution in [-0.4, -0.2) is 71.4 Å². The Balaban J connectivity index is 1.42. The number of carbonyl (C=O) groups is 1. The maximum absolute atomic E-state index is 13.6. The molecule has 1 N–H and O–H groups in total. The van der Waals surface area contributed by atoms with E-state index in [1.807, 2.05) is 56.9 Å². The average molecular weight is 487 g/mol. The van der Waals surface area contributed by atoms with Crippen LogP contribution in [0.5, 0.6) is 5.75 Å². The molecule has 1 aromatic heterocycles. The second-order valence-corrected chi connectivity index (χ2v) is 11.5. The van der Waals surface area contributed by atoms with Gasteiger partial charge < -0.3 is 19.5 Å². The van der Waals surface area contributed by atoms with Crippen molar-refractivity contribution in [2.75, 3.05) is 32.8 Å². The maximum atomic E-state index is 13.6. The molecule has 2 aromatic rings. The summed E-state index contributed by atoms with van der Waals surface area (Å²) in [5.74, 6) is 0.932. The van der Waals surface area contributed by atoms with Crippen molar-refractivity contribution in [3.8, 4) is 5.75 Å². The number of aryl methyl sites for hydroxylation is 1. The Labute approximate surface area is 207 Å². The lowest BCUT2D eigenvalue weighted by atomic mass is 10.0. The Morgan fingerprint density at radius 2 is 2.09 bits per heavy atom. The summed E-state index contributed by atoms with van der Waals surface area (Å²) in [4.78, 5) is 19.0. The van der Waals surface area contributed by atoms with E-state index in [-0.39, 0.29) is 24.2 Å². The fourth-order valence-electron chi connectivity index (χ4n) is 4.47. The lowest BCUT2D eigenvalue weighted by Gasteiger charge is -2.37. The zero-order valence-electron chi connectivity index (χ0n) is 20.8. The Morgan fingerprint density at radius 3 is 2.79 bits per heavy atom. The molecule has 0 bridgehead atoms. The van der Waals surface area contributed by atoms with Crippen LogP contribution in [-0.2, 0) is 16.0 Å². The van der Waals surface area contributed by atoms with Crippen molar-refractivity contribution in [3.05, 3.63) is 51.7 Å². The second-order valence-electron chi connectivity index (χ2n) is 10.5. The van der Waals surface area contributed by atoms with E-state index in [2.05, 4.69) is 16.3 Å². The number of rotatable bonds is 10. The molecule has 0 unspecified atom stereocenters. The Kier molecular flexibility index (Phi) is 7.97. The topological polar surface area (TPSA) is 62.2 Å². The van der Waals surface area contributed by atoms with E-state index < -0.39 is 6.10 Å². The molecule has 1 aliphatic carbocycles. The van der Waals surface area contributed by atoms with Crippen molar-refractivity contribution >= 4 is 17.2 Å². The first kappa shape index (κ1) is 25.2. The maximum Gasteiger partial charge on any atom is 0.237 e. The first-order chi connectivity index (χ1) is 16.2. The van der Waals surface area contributed by atoms with Crippen LogP contribution < -0.4 is 4.74 Å². The Bertz CT molecular complexity index is 966. The molecular weight excluding hydrogens is 448 g/mol. The third kappa shape index (κ3) is 6.81. The summed E-state index contributed by atoms with van der Waals surface area (Å²) in [6, 6.07) is 10.4. The highest BCUT2D eigenvalue weighted by Gasteiger charge is 2.36. The van der Waals surface area contributed by atoms with E-state index >= 15 is 0 Å². The van der Waals surface area contributed by atoms with Crippen molar-refractivity contribution in [3.63, 3.8) is 0 Å². The van der Waals surface area contributed by atoms with E-state index in [1.54, 1.807) is 11.3 Å². The molecule has 6 nitrogen and oxygen atoms in total. The average Bonchev–Trinajstić information content (AvgIpc) is 3.52. The number of hydrogen-bond acceptors (Lipinski definition) is 6. The summed E-state index contributed by atoms with van der Waals surface area (Å²) in [7, 11) is 0. The van der Waals surface area contributed by atoms with Crippen LogP contribution in [0, 0.1) is 6.92 Å². The predicted molar refractivity (Wildman–Crippen MR) is 135 cm³/mol. The quantitative estimate of drug-likeness (QED) is 0.545. The van der Waals surface area contributed by atoms with Gasteiger partial charge in [0, 0.05) is 24.0 Å². The van der Waals surface area contributed by atoms with Crippen LogP contribution >= 0.6 is 11.3 Å². The first-order valence-electron chi connectivity index (χ1n) is 12.3. The van der Waals surface area contributed by atoms with E-state index in [0.717, 1.165) is 30.6 Å². The molecule has 2 atom stereocenters. The second kappa shape index (κ2) is 10.8. The van der Waals surface area contributed by atoms with Gasteiger partial charge in [-0.3, -0.25) is 9.69 Å². The highest BCUT2D eigenvalue weighted by molar-refractivity contribution is 7.10. The lowest BCUT2D eigenvalue weighted by Crippen LogP contribution is -2.48. The summed E-state index contributed by atoms with van der Waals surface area (Å²) >= 11 is 1.76. The van der Waals surface area contributed by atoms with Crippen LogP contribution in [0.2, 0.25) is 0 Å². The molecule has 34 heavy (non-hydrogen) atoms. The third-order valence-electron chi connectivity index (χ3n) is 6.37. The number of carbonyl (C=O) groups excluding carboxylic acids is 1. The molecule has 2 heterocycles. The fraction of sp³-hybridized carbons (Fsp3) is 0.593. The molecule has 1 aromatic carbocycles. The summed E-state index contributed by atoms with van der Waals surface area (Å²) in [5.41, 5.74) is 2.06. The largest absolute Gasteiger partial charge is 0.491 e. The van der Waals surface area contributed by atoms with Crippen LogP contribution in [0.4, 0.5) is 0 Å². The van der Waals surface area contributed by atoms with Crippen LogP contribution in [0.1, 0.15) is 55.7 Å². The zero-order valence-corrected chi connectivity index (χ0v) is 21.6. The summed E-state index contributed by atoms with van der Waals surface area (Å²) < 4.78 is 11.9. The van der Waals surface area contributed by atoms with E-state index in [9.17, 15) is 9.90 Å². The molecule has 1 aliphatic heterocycles. The number of amides is 1. The van der Waals surface area contributed by atoms with Gasteiger partial charge in [0.15, 0.2) is 0 Å². The number of hydrogen-bond donors (Lipinski definition) is 1. The molecular formula is C27H38N2O4S. The normalized spacial score (nSPS) is 19.2.